The third-order valence-electron chi connectivity index (χ3n) is 1.72. The maximum Gasteiger partial charge on any atom is 0.172 e. The predicted molar refractivity (Wildman–Crippen MR) is 44.6 cm³/mol. The molecule has 2 N–H and O–H groups in total. The molecule has 1 aromatic heterocycles. The Hall–Kier alpha value is -2.02. The van der Waals surface area contributed by atoms with Crippen LogP contribution in [0.1, 0.15) is 5.69 Å². The van der Waals surface area contributed by atoms with E-state index in [9.17, 15) is 0 Å². The van der Waals surface area contributed by atoms with Crippen LogP contribution in [0.5, 0.6) is 0 Å². The fourth-order valence-corrected chi connectivity index (χ4v) is 1.17. The molecule has 0 saturated heterocycles. The number of nitrogen functional groups attached to an aromatic ring is 1. The summed E-state index contributed by atoms with van der Waals surface area (Å²) < 4.78 is 0. The van der Waals surface area contributed by atoms with Crippen LogP contribution in [0, 0.1) is 11.3 Å². The largest absolute Gasteiger partial charge is 0.323 e. The van der Waals surface area contributed by atoms with E-state index in [0.717, 1.165) is 10.9 Å². The van der Waals surface area contributed by atoms with Gasteiger partial charge in [0, 0.05) is 5.39 Å². The molecule has 0 atom stereocenters. The van der Waals surface area contributed by atoms with Gasteiger partial charge in [-0.15, -0.1) is 5.10 Å². The van der Waals surface area contributed by atoms with E-state index in [0.29, 0.717) is 5.69 Å². The van der Waals surface area contributed by atoms with Gasteiger partial charge in [-0.2, -0.15) is 10.1 Å². The molecule has 0 saturated carbocycles. The molecule has 12 heavy (non-hydrogen) atoms. The summed E-state index contributed by atoms with van der Waals surface area (Å²) in [5.41, 5.74) is 1.14. The lowest BCUT2D eigenvalue weighted by atomic mass is 10.2. The molecule has 0 spiro atoms. The highest BCUT2D eigenvalue weighted by Gasteiger charge is 2.05. The fourth-order valence-electron chi connectivity index (χ4n) is 1.17. The first kappa shape index (κ1) is 6.68. The topological polar surface area (TPSA) is 67.6 Å². The van der Waals surface area contributed by atoms with Crippen molar-refractivity contribution in [1.29, 1.82) is 5.26 Å². The molecule has 4 nitrogen and oxygen atoms in total. The lowest BCUT2D eigenvalue weighted by Gasteiger charge is -1.89. The number of rotatable bonds is 0. The number of aromatic nitrogens is 2. The summed E-state index contributed by atoms with van der Waals surface area (Å²) in [4.78, 5) is 1.22. The van der Waals surface area contributed by atoms with Gasteiger partial charge in [-0.05, 0) is 12.1 Å². The van der Waals surface area contributed by atoms with Crippen molar-refractivity contribution in [1.82, 2.24) is 9.89 Å². The normalized spacial score (nSPS) is 9.92. The Morgan fingerprint density at radius 2 is 2.17 bits per heavy atom. The zero-order chi connectivity index (χ0) is 8.55. The number of fused-ring (bicyclic) bond motifs is 1. The van der Waals surface area contributed by atoms with Gasteiger partial charge in [-0.25, -0.2) is 0 Å². The van der Waals surface area contributed by atoms with Crippen LogP contribution in [0.15, 0.2) is 24.3 Å². The van der Waals surface area contributed by atoms with Gasteiger partial charge < -0.3 is 5.84 Å². The highest BCUT2D eigenvalue weighted by molar-refractivity contribution is 5.84. The van der Waals surface area contributed by atoms with Gasteiger partial charge in [0.05, 0.1) is 5.52 Å². The van der Waals surface area contributed by atoms with Gasteiger partial charge in [0.15, 0.2) is 5.69 Å². The minimum atomic E-state index is 0.369. The first-order valence-electron chi connectivity index (χ1n) is 3.46. The van der Waals surface area contributed by atoms with E-state index >= 15 is 0 Å². The summed E-state index contributed by atoms with van der Waals surface area (Å²) in [5.74, 6) is 5.51. The molecule has 0 aliphatic carbocycles. The summed E-state index contributed by atoms with van der Waals surface area (Å²) in [5, 5.41) is 13.3. The first-order chi connectivity index (χ1) is 5.83. The zero-order valence-electron chi connectivity index (χ0n) is 6.23. The minimum Gasteiger partial charge on any atom is -0.323 e. The fraction of sp³-hybridized carbons (Fsp3) is 0. The molecule has 4 heteroatoms. The SMILES string of the molecule is N#Cc1nn(N)c2ccccc12. The van der Waals surface area contributed by atoms with Gasteiger partial charge in [0.25, 0.3) is 0 Å². The molecule has 0 fully saturated rings. The number of hydrogen-bond donors (Lipinski definition) is 1. The van der Waals surface area contributed by atoms with Gasteiger partial charge in [0.2, 0.25) is 0 Å². The van der Waals surface area contributed by atoms with Gasteiger partial charge in [-0.3, -0.25) is 0 Å². The third kappa shape index (κ3) is 0.736. The number of hydrogen-bond acceptors (Lipinski definition) is 3. The summed E-state index contributed by atoms with van der Waals surface area (Å²) in [7, 11) is 0. The van der Waals surface area contributed by atoms with Crippen LogP contribution in [0.25, 0.3) is 10.9 Å². The van der Waals surface area contributed by atoms with E-state index in [-0.39, 0.29) is 0 Å². The first-order valence-corrected chi connectivity index (χ1v) is 3.46. The maximum absolute atomic E-state index is 8.67. The quantitative estimate of drug-likeness (QED) is 0.571. The van der Waals surface area contributed by atoms with Crippen LogP contribution < -0.4 is 5.84 Å². The Balaban J connectivity index is 2.94. The molecule has 58 valence electrons. The number of benzene rings is 1. The lowest BCUT2D eigenvalue weighted by Crippen LogP contribution is -2.09. The van der Waals surface area contributed by atoms with Crippen molar-refractivity contribution in [2.75, 3.05) is 5.84 Å². The Morgan fingerprint density at radius 1 is 1.42 bits per heavy atom. The smallest absolute Gasteiger partial charge is 0.172 e. The Bertz CT molecular complexity index is 463. The van der Waals surface area contributed by atoms with Crippen molar-refractivity contribution in [2.24, 2.45) is 0 Å². The van der Waals surface area contributed by atoms with Crippen LogP contribution in [-0.4, -0.2) is 9.89 Å². The Morgan fingerprint density at radius 3 is 2.92 bits per heavy atom. The Labute approximate surface area is 68.8 Å². The second kappa shape index (κ2) is 2.24. The molecule has 2 rings (SSSR count). The summed E-state index contributed by atoms with van der Waals surface area (Å²) in [6, 6.07) is 9.33. The van der Waals surface area contributed by atoms with Crippen molar-refractivity contribution >= 4 is 10.9 Å². The van der Waals surface area contributed by atoms with Gasteiger partial charge >= 0.3 is 0 Å². The van der Waals surface area contributed by atoms with E-state index in [2.05, 4.69) is 5.10 Å². The van der Waals surface area contributed by atoms with Gasteiger partial charge in [-0.1, -0.05) is 12.1 Å². The number of para-hydroxylation sites is 1. The monoisotopic (exact) mass is 158 g/mol. The standard InChI is InChI=1S/C8H6N4/c9-5-7-6-3-1-2-4-8(6)12(10)11-7/h1-4H,10H2. The molecule has 0 radical (unpaired) electrons. The van der Waals surface area contributed by atoms with Crippen molar-refractivity contribution in [3.63, 3.8) is 0 Å². The van der Waals surface area contributed by atoms with Crippen molar-refractivity contribution < 1.29 is 0 Å². The molecule has 0 amide bonds. The second-order valence-electron chi connectivity index (χ2n) is 2.42. The molecule has 0 aliphatic rings. The van der Waals surface area contributed by atoms with E-state index in [1.54, 1.807) is 0 Å². The molecular weight excluding hydrogens is 152 g/mol. The van der Waals surface area contributed by atoms with Crippen molar-refractivity contribution in [3.8, 4) is 6.07 Å². The van der Waals surface area contributed by atoms with E-state index in [1.807, 2.05) is 30.3 Å². The molecule has 0 aliphatic heterocycles. The van der Waals surface area contributed by atoms with Crippen LogP contribution in [0.3, 0.4) is 0 Å². The second-order valence-corrected chi connectivity index (χ2v) is 2.42. The number of nitrogens with zero attached hydrogens (tertiary/aromatic N) is 3. The van der Waals surface area contributed by atoms with Crippen molar-refractivity contribution in [2.45, 2.75) is 0 Å². The van der Waals surface area contributed by atoms with Gasteiger partial charge in [0.1, 0.15) is 6.07 Å². The van der Waals surface area contributed by atoms with E-state index in [4.69, 9.17) is 11.1 Å². The average Bonchev–Trinajstić information content (AvgIpc) is 2.44. The van der Waals surface area contributed by atoms with Crippen LogP contribution in [0.2, 0.25) is 0 Å². The van der Waals surface area contributed by atoms with Crippen LogP contribution in [0.4, 0.5) is 0 Å². The van der Waals surface area contributed by atoms with E-state index in [1.165, 1.54) is 4.79 Å². The predicted octanol–water partition coefficient (Wildman–Crippen LogP) is 0.622. The lowest BCUT2D eigenvalue weighted by molar-refractivity contribution is 0.855. The minimum absolute atomic E-state index is 0.369. The highest BCUT2D eigenvalue weighted by atomic mass is 15.5. The summed E-state index contributed by atoms with van der Waals surface area (Å²) in [6.45, 7) is 0. The highest BCUT2D eigenvalue weighted by Crippen LogP contribution is 2.14. The Kier molecular flexibility index (Phi) is 1.25. The average molecular weight is 158 g/mol. The summed E-state index contributed by atoms with van der Waals surface area (Å²) >= 11 is 0. The third-order valence-corrected chi connectivity index (χ3v) is 1.72. The van der Waals surface area contributed by atoms with Crippen LogP contribution >= 0.6 is 0 Å². The molecule has 1 heterocycles. The number of nitriles is 1. The summed E-state index contributed by atoms with van der Waals surface area (Å²) in [6.07, 6.45) is 0. The molecule has 2 aromatic rings. The molecule has 1 aromatic carbocycles. The molecular formula is C8H6N4. The molecule has 0 unspecified atom stereocenters. The maximum atomic E-state index is 8.67. The van der Waals surface area contributed by atoms with Crippen molar-refractivity contribution in [3.05, 3.63) is 30.0 Å². The zero-order valence-corrected chi connectivity index (χ0v) is 6.23. The molecule has 0 bridgehead atoms. The van der Waals surface area contributed by atoms with E-state index < -0.39 is 0 Å². The number of nitrogens with two attached hydrogens (primary N) is 1. The van der Waals surface area contributed by atoms with Crippen LogP contribution in [-0.2, 0) is 0 Å².